The minimum atomic E-state index is -0.808. The van der Waals surface area contributed by atoms with Crippen LogP contribution in [0.3, 0.4) is 0 Å². The fourth-order valence-corrected chi connectivity index (χ4v) is 2.76. The van der Waals surface area contributed by atoms with Crippen molar-refractivity contribution < 1.29 is 14.6 Å². The van der Waals surface area contributed by atoms with Crippen molar-refractivity contribution in [2.24, 2.45) is 5.92 Å². The summed E-state index contributed by atoms with van der Waals surface area (Å²) in [6.45, 7) is 7.06. The monoisotopic (exact) mass is 315 g/mol. The molecule has 0 aromatic heterocycles. The minimum Gasteiger partial charge on any atom is -0.494 e. The molecular weight excluding hydrogens is 290 g/mol. The highest BCUT2D eigenvalue weighted by Gasteiger charge is 2.19. The molecule has 124 valence electrons. The van der Waals surface area contributed by atoms with Crippen LogP contribution in [0.1, 0.15) is 32.8 Å². The molecule has 2 aromatic carbocycles. The van der Waals surface area contributed by atoms with Crippen LogP contribution in [0.2, 0.25) is 0 Å². The Hall–Kier alpha value is -2.07. The summed E-state index contributed by atoms with van der Waals surface area (Å²) in [5.41, 5.74) is 1.01. The van der Waals surface area contributed by atoms with Crippen LogP contribution in [-0.2, 0) is 11.3 Å². The summed E-state index contributed by atoms with van der Waals surface area (Å²) < 4.78 is 5.73. The van der Waals surface area contributed by atoms with Crippen molar-refractivity contribution in [3.63, 3.8) is 0 Å². The molecule has 2 aromatic rings. The quantitative estimate of drug-likeness (QED) is 0.777. The Morgan fingerprint density at radius 3 is 2.61 bits per heavy atom. The van der Waals surface area contributed by atoms with Gasteiger partial charge in [0.25, 0.3) is 0 Å². The molecule has 0 fully saturated rings. The van der Waals surface area contributed by atoms with E-state index in [1.807, 2.05) is 51.1 Å². The van der Waals surface area contributed by atoms with Crippen LogP contribution in [0.5, 0.6) is 5.75 Å². The first-order valence-electron chi connectivity index (χ1n) is 8.12. The van der Waals surface area contributed by atoms with Crippen LogP contribution < -0.4 is 10.1 Å². The van der Waals surface area contributed by atoms with E-state index in [0.717, 1.165) is 22.1 Å². The average molecular weight is 315 g/mol. The normalized spacial score (nSPS) is 12.5. The number of hydrogen-bond acceptors (Lipinski definition) is 3. The maximum absolute atomic E-state index is 11.4. The van der Waals surface area contributed by atoms with Crippen LogP contribution in [0.4, 0.5) is 0 Å². The Balaban J connectivity index is 2.29. The fraction of sp³-hybridized carbons (Fsp3) is 0.421. The third kappa shape index (κ3) is 4.45. The van der Waals surface area contributed by atoms with E-state index in [1.165, 1.54) is 0 Å². The average Bonchev–Trinajstić information content (AvgIpc) is 2.52. The highest BCUT2D eigenvalue weighted by Crippen LogP contribution is 2.28. The molecule has 0 saturated heterocycles. The second kappa shape index (κ2) is 7.97. The lowest BCUT2D eigenvalue weighted by Gasteiger charge is -2.19. The van der Waals surface area contributed by atoms with Crippen LogP contribution in [0, 0.1) is 5.92 Å². The predicted octanol–water partition coefficient (Wildman–Crippen LogP) is 3.83. The summed E-state index contributed by atoms with van der Waals surface area (Å²) in [4.78, 5) is 11.4. The Morgan fingerprint density at radius 2 is 1.96 bits per heavy atom. The van der Waals surface area contributed by atoms with Crippen molar-refractivity contribution in [2.75, 3.05) is 6.61 Å². The first kappa shape index (κ1) is 17.3. The summed E-state index contributed by atoms with van der Waals surface area (Å²) in [5.74, 6) is 0.326. The van der Waals surface area contributed by atoms with Crippen LogP contribution in [0.25, 0.3) is 10.8 Å². The Morgan fingerprint density at radius 1 is 1.22 bits per heavy atom. The smallest absolute Gasteiger partial charge is 0.320 e. The number of hydrogen-bond donors (Lipinski definition) is 2. The molecule has 0 radical (unpaired) electrons. The molecule has 0 saturated carbocycles. The van der Waals surface area contributed by atoms with Gasteiger partial charge in [-0.05, 0) is 36.1 Å². The molecule has 0 amide bonds. The van der Waals surface area contributed by atoms with Gasteiger partial charge in [0.1, 0.15) is 11.8 Å². The molecular formula is C19H25NO3. The molecule has 2 rings (SSSR count). The van der Waals surface area contributed by atoms with Gasteiger partial charge in [0.2, 0.25) is 0 Å². The lowest BCUT2D eigenvalue weighted by molar-refractivity contribution is -0.140. The molecule has 1 atom stereocenters. The maximum atomic E-state index is 11.4. The topological polar surface area (TPSA) is 58.6 Å². The van der Waals surface area contributed by atoms with Gasteiger partial charge in [-0.2, -0.15) is 0 Å². The number of ether oxygens (including phenoxy) is 1. The highest BCUT2D eigenvalue weighted by molar-refractivity contribution is 5.87. The molecule has 0 aliphatic carbocycles. The van der Waals surface area contributed by atoms with Gasteiger partial charge in [-0.25, -0.2) is 0 Å². The number of nitrogens with one attached hydrogen (secondary N) is 1. The number of aliphatic carboxylic acids is 1. The van der Waals surface area contributed by atoms with E-state index >= 15 is 0 Å². The van der Waals surface area contributed by atoms with E-state index in [4.69, 9.17) is 4.74 Å². The highest BCUT2D eigenvalue weighted by atomic mass is 16.5. The summed E-state index contributed by atoms with van der Waals surface area (Å²) in [6, 6.07) is 11.5. The van der Waals surface area contributed by atoms with E-state index in [-0.39, 0.29) is 0 Å². The van der Waals surface area contributed by atoms with Gasteiger partial charge >= 0.3 is 5.97 Å². The standard InChI is InChI=1S/C19H25NO3/c1-4-23-18-10-9-14-7-5-6-8-15(14)16(18)12-20-17(19(21)22)11-13(2)3/h5-10,13,17,20H,4,11-12H2,1-3H3,(H,21,22). The van der Waals surface area contributed by atoms with Crippen LogP contribution >= 0.6 is 0 Å². The van der Waals surface area contributed by atoms with Gasteiger partial charge in [0.05, 0.1) is 6.61 Å². The number of carbonyl (C=O) groups is 1. The molecule has 0 spiro atoms. The van der Waals surface area contributed by atoms with Crippen molar-refractivity contribution in [3.8, 4) is 5.75 Å². The van der Waals surface area contributed by atoms with Crippen molar-refractivity contribution in [3.05, 3.63) is 42.0 Å². The zero-order valence-corrected chi connectivity index (χ0v) is 14.0. The van der Waals surface area contributed by atoms with Crippen molar-refractivity contribution in [2.45, 2.75) is 39.8 Å². The molecule has 0 bridgehead atoms. The number of carboxylic acid groups (broad SMARTS) is 1. The van der Waals surface area contributed by atoms with E-state index in [1.54, 1.807) is 0 Å². The molecule has 23 heavy (non-hydrogen) atoms. The zero-order chi connectivity index (χ0) is 16.8. The SMILES string of the molecule is CCOc1ccc2ccccc2c1CNC(CC(C)C)C(=O)O. The van der Waals surface area contributed by atoms with Gasteiger partial charge in [-0.1, -0.05) is 44.2 Å². The van der Waals surface area contributed by atoms with Gasteiger partial charge in [-0.15, -0.1) is 0 Å². The maximum Gasteiger partial charge on any atom is 0.320 e. The van der Waals surface area contributed by atoms with Crippen molar-refractivity contribution in [1.82, 2.24) is 5.32 Å². The molecule has 4 nitrogen and oxygen atoms in total. The van der Waals surface area contributed by atoms with Crippen molar-refractivity contribution in [1.29, 1.82) is 0 Å². The first-order valence-corrected chi connectivity index (χ1v) is 8.12. The third-order valence-electron chi connectivity index (χ3n) is 3.83. The summed E-state index contributed by atoms with van der Waals surface area (Å²) in [6.07, 6.45) is 0.601. The summed E-state index contributed by atoms with van der Waals surface area (Å²) in [5, 5.41) is 14.8. The van der Waals surface area contributed by atoms with Gasteiger partial charge in [0.15, 0.2) is 0 Å². The van der Waals surface area contributed by atoms with Crippen LogP contribution in [-0.4, -0.2) is 23.7 Å². The van der Waals surface area contributed by atoms with Gasteiger partial charge < -0.3 is 15.2 Å². The van der Waals surface area contributed by atoms with E-state index in [9.17, 15) is 9.90 Å². The Labute approximate surface area is 137 Å². The van der Waals surface area contributed by atoms with Gasteiger partial charge in [0, 0.05) is 12.1 Å². The van der Waals surface area contributed by atoms with E-state index < -0.39 is 12.0 Å². The lowest BCUT2D eigenvalue weighted by atomic mass is 10.0. The Kier molecular flexibility index (Phi) is 5.99. The largest absolute Gasteiger partial charge is 0.494 e. The molecule has 1 unspecified atom stereocenters. The second-order valence-electron chi connectivity index (χ2n) is 6.10. The molecule has 0 aliphatic heterocycles. The third-order valence-corrected chi connectivity index (χ3v) is 3.83. The zero-order valence-electron chi connectivity index (χ0n) is 14.0. The predicted molar refractivity (Wildman–Crippen MR) is 92.8 cm³/mol. The summed E-state index contributed by atoms with van der Waals surface area (Å²) >= 11 is 0. The number of carboxylic acids is 1. The molecule has 0 aliphatic rings. The number of rotatable bonds is 8. The van der Waals surface area contributed by atoms with Crippen LogP contribution in [0.15, 0.2) is 36.4 Å². The second-order valence-corrected chi connectivity index (χ2v) is 6.10. The van der Waals surface area contributed by atoms with Crippen molar-refractivity contribution >= 4 is 16.7 Å². The molecule has 0 heterocycles. The first-order chi connectivity index (χ1) is 11.0. The van der Waals surface area contributed by atoms with Gasteiger partial charge in [-0.3, -0.25) is 4.79 Å². The molecule has 4 heteroatoms. The Bertz CT molecular complexity index is 667. The lowest BCUT2D eigenvalue weighted by Crippen LogP contribution is -2.37. The minimum absolute atomic E-state index is 0.322. The molecule has 2 N–H and O–H groups in total. The van der Waals surface area contributed by atoms with E-state index in [2.05, 4.69) is 11.4 Å². The summed E-state index contributed by atoms with van der Waals surface area (Å²) in [7, 11) is 0. The number of benzene rings is 2. The number of fused-ring (bicyclic) bond motifs is 1. The fourth-order valence-electron chi connectivity index (χ4n) is 2.76. The van der Waals surface area contributed by atoms with E-state index in [0.29, 0.717) is 25.5 Å².